The maximum Gasteiger partial charge on any atom is 0.319 e. The van der Waals surface area contributed by atoms with Gasteiger partial charge in [-0.3, -0.25) is 10.1 Å². The molecule has 4 nitrogen and oxygen atoms in total. The van der Waals surface area contributed by atoms with E-state index in [1.165, 1.54) is 0 Å². The van der Waals surface area contributed by atoms with E-state index >= 15 is 0 Å². The summed E-state index contributed by atoms with van der Waals surface area (Å²) in [5.74, 6) is -0.483. The fraction of sp³-hybridized carbons (Fsp3) is 0. The van der Waals surface area contributed by atoms with Crippen LogP contribution in [-0.2, 0) is 0 Å². The fourth-order valence-corrected chi connectivity index (χ4v) is 1.16. The minimum absolute atomic E-state index is 0.413. The smallest absolute Gasteiger partial charge is 0.319 e. The molecule has 18 heavy (non-hydrogen) atoms. The van der Waals surface area contributed by atoms with Crippen LogP contribution in [0, 0.1) is 0 Å². The van der Waals surface area contributed by atoms with Gasteiger partial charge < -0.3 is 5.73 Å². The van der Waals surface area contributed by atoms with Crippen LogP contribution < -0.4 is 11.1 Å². The number of hydrogen-bond donors (Lipinski definition) is 2. The van der Waals surface area contributed by atoms with Gasteiger partial charge in [0.15, 0.2) is 0 Å². The van der Waals surface area contributed by atoms with Gasteiger partial charge in [0.25, 0.3) is 5.91 Å². The minimum Gasteiger partial charge on any atom is -0.351 e. The van der Waals surface area contributed by atoms with Gasteiger partial charge in [-0.2, -0.15) is 0 Å². The molecule has 0 heterocycles. The average molecular weight is 242 g/mol. The molecule has 4 heteroatoms. The SMILES string of the molecule is NC(=O)NC(=O)c1ccccc1.c1ccccc1. The summed E-state index contributed by atoms with van der Waals surface area (Å²) in [6, 6.07) is 19.5. The van der Waals surface area contributed by atoms with Gasteiger partial charge in [0, 0.05) is 5.56 Å². The molecule has 0 atom stereocenters. The Balaban J connectivity index is 0.000000225. The lowest BCUT2D eigenvalue weighted by atomic mass is 10.2. The zero-order valence-electron chi connectivity index (χ0n) is 9.74. The zero-order chi connectivity index (χ0) is 13.2. The normalized spacial score (nSPS) is 8.67. The third kappa shape index (κ3) is 5.46. The van der Waals surface area contributed by atoms with Crippen molar-refractivity contribution in [1.82, 2.24) is 5.32 Å². The number of carbonyl (C=O) groups is 2. The summed E-state index contributed by atoms with van der Waals surface area (Å²) < 4.78 is 0. The summed E-state index contributed by atoms with van der Waals surface area (Å²) in [6.07, 6.45) is 0. The number of imide groups is 1. The van der Waals surface area contributed by atoms with Gasteiger partial charge in [-0.25, -0.2) is 4.79 Å². The summed E-state index contributed by atoms with van der Waals surface area (Å²) in [6.45, 7) is 0. The highest BCUT2D eigenvalue weighted by atomic mass is 16.2. The van der Waals surface area contributed by atoms with Crippen molar-refractivity contribution in [2.75, 3.05) is 0 Å². The van der Waals surface area contributed by atoms with E-state index in [2.05, 4.69) is 0 Å². The molecule has 3 amide bonds. The number of amides is 3. The second kappa shape index (κ2) is 7.62. The molecule has 0 radical (unpaired) electrons. The van der Waals surface area contributed by atoms with Crippen LogP contribution in [0.2, 0.25) is 0 Å². The van der Waals surface area contributed by atoms with E-state index in [9.17, 15) is 9.59 Å². The van der Waals surface area contributed by atoms with Crippen LogP contribution >= 0.6 is 0 Å². The molecule has 0 saturated carbocycles. The van der Waals surface area contributed by atoms with Crippen molar-refractivity contribution >= 4 is 11.9 Å². The summed E-state index contributed by atoms with van der Waals surface area (Å²) in [7, 11) is 0. The summed E-state index contributed by atoms with van der Waals surface area (Å²) in [5.41, 5.74) is 5.17. The molecule has 0 spiro atoms. The number of urea groups is 1. The summed E-state index contributed by atoms with van der Waals surface area (Å²) in [5, 5.41) is 1.96. The highest BCUT2D eigenvalue weighted by Gasteiger charge is 2.05. The maximum absolute atomic E-state index is 11.0. The van der Waals surface area contributed by atoms with Crippen LogP contribution in [0.1, 0.15) is 10.4 Å². The van der Waals surface area contributed by atoms with Crippen LogP contribution in [0.4, 0.5) is 4.79 Å². The molecule has 0 aromatic heterocycles. The Morgan fingerprint density at radius 3 is 1.56 bits per heavy atom. The number of hydrogen-bond acceptors (Lipinski definition) is 2. The van der Waals surface area contributed by atoms with Crippen molar-refractivity contribution in [1.29, 1.82) is 0 Å². The molecule has 2 rings (SSSR count). The van der Waals surface area contributed by atoms with Gasteiger partial charge >= 0.3 is 6.03 Å². The van der Waals surface area contributed by atoms with Crippen molar-refractivity contribution in [3.05, 3.63) is 72.3 Å². The first kappa shape index (κ1) is 13.4. The van der Waals surface area contributed by atoms with Crippen molar-refractivity contribution in [2.24, 2.45) is 5.73 Å². The molecule has 0 unspecified atom stereocenters. The highest BCUT2D eigenvalue weighted by molar-refractivity contribution is 6.03. The van der Waals surface area contributed by atoms with Crippen LogP contribution in [0.5, 0.6) is 0 Å². The molecule has 0 aliphatic heterocycles. The Hall–Kier alpha value is -2.62. The van der Waals surface area contributed by atoms with Gasteiger partial charge in [0.05, 0.1) is 0 Å². The number of carbonyl (C=O) groups excluding carboxylic acids is 2. The molecule has 92 valence electrons. The van der Waals surface area contributed by atoms with Gasteiger partial charge in [-0.15, -0.1) is 0 Å². The predicted molar refractivity (Wildman–Crippen MR) is 69.9 cm³/mol. The minimum atomic E-state index is -0.844. The molecule has 2 aromatic rings. The standard InChI is InChI=1S/C8H8N2O2.C6H6/c9-8(12)10-7(11)6-4-2-1-3-5-6;1-2-4-6-5-3-1/h1-5H,(H3,9,10,11,12);1-6H. The van der Waals surface area contributed by atoms with Crippen molar-refractivity contribution in [3.8, 4) is 0 Å². The van der Waals surface area contributed by atoms with Gasteiger partial charge in [-0.05, 0) is 12.1 Å². The van der Waals surface area contributed by atoms with Crippen LogP contribution in [0.3, 0.4) is 0 Å². The topological polar surface area (TPSA) is 72.2 Å². The van der Waals surface area contributed by atoms with Crippen molar-refractivity contribution in [2.45, 2.75) is 0 Å². The van der Waals surface area contributed by atoms with E-state index in [0.29, 0.717) is 5.56 Å². The summed E-state index contributed by atoms with van der Waals surface area (Å²) in [4.78, 5) is 21.3. The quantitative estimate of drug-likeness (QED) is 0.804. The third-order valence-electron chi connectivity index (χ3n) is 1.94. The fourth-order valence-electron chi connectivity index (χ4n) is 1.16. The van der Waals surface area contributed by atoms with E-state index in [0.717, 1.165) is 0 Å². The molecular weight excluding hydrogens is 228 g/mol. The van der Waals surface area contributed by atoms with Crippen molar-refractivity contribution in [3.63, 3.8) is 0 Å². The Kier molecular flexibility index (Phi) is 5.69. The third-order valence-corrected chi connectivity index (χ3v) is 1.94. The first-order valence-corrected chi connectivity index (χ1v) is 5.36. The van der Waals surface area contributed by atoms with E-state index < -0.39 is 11.9 Å². The number of benzene rings is 2. The number of nitrogens with two attached hydrogens (primary N) is 1. The second-order valence-electron chi connectivity index (χ2n) is 3.34. The monoisotopic (exact) mass is 242 g/mol. The van der Waals surface area contributed by atoms with E-state index in [1.807, 2.05) is 41.7 Å². The Bertz CT molecular complexity index is 457. The van der Waals surface area contributed by atoms with E-state index in [-0.39, 0.29) is 0 Å². The lowest BCUT2D eigenvalue weighted by molar-refractivity contribution is 0.0966. The second-order valence-corrected chi connectivity index (χ2v) is 3.34. The number of primary amides is 1. The largest absolute Gasteiger partial charge is 0.351 e. The number of nitrogens with one attached hydrogen (secondary N) is 1. The number of rotatable bonds is 1. The van der Waals surface area contributed by atoms with Crippen LogP contribution in [0.15, 0.2) is 66.7 Å². The van der Waals surface area contributed by atoms with Gasteiger partial charge in [0.1, 0.15) is 0 Å². The molecule has 0 aliphatic rings. The molecular formula is C14H14N2O2. The molecule has 0 saturated heterocycles. The molecule has 0 fully saturated rings. The lowest BCUT2D eigenvalue weighted by Gasteiger charge is -1.98. The maximum atomic E-state index is 11.0. The lowest BCUT2D eigenvalue weighted by Crippen LogP contribution is -2.34. The van der Waals surface area contributed by atoms with Gasteiger partial charge in [-0.1, -0.05) is 54.6 Å². The van der Waals surface area contributed by atoms with Crippen molar-refractivity contribution < 1.29 is 9.59 Å². The molecule has 0 aliphatic carbocycles. The average Bonchev–Trinajstić information content (AvgIpc) is 2.42. The van der Waals surface area contributed by atoms with Crippen LogP contribution in [-0.4, -0.2) is 11.9 Å². The van der Waals surface area contributed by atoms with E-state index in [1.54, 1.807) is 30.3 Å². The summed E-state index contributed by atoms with van der Waals surface area (Å²) >= 11 is 0. The highest BCUT2D eigenvalue weighted by Crippen LogP contribution is 1.96. The Morgan fingerprint density at radius 2 is 1.17 bits per heavy atom. The predicted octanol–water partition coefficient (Wildman–Crippen LogP) is 2.18. The van der Waals surface area contributed by atoms with E-state index in [4.69, 9.17) is 5.73 Å². The Labute approximate surface area is 105 Å². The van der Waals surface area contributed by atoms with Gasteiger partial charge in [0.2, 0.25) is 0 Å². The molecule has 3 N–H and O–H groups in total. The molecule has 0 bridgehead atoms. The molecule has 2 aromatic carbocycles. The first-order chi connectivity index (χ1) is 8.70. The van der Waals surface area contributed by atoms with Crippen LogP contribution in [0.25, 0.3) is 0 Å². The zero-order valence-corrected chi connectivity index (χ0v) is 9.74. The Morgan fingerprint density at radius 1 is 0.778 bits per heavy atom. The first-order valence-electron chi connectivity index (χ1n) is 5.36.